The molecule has 0 aliphatic carbocycles. The number of nitrogens with one attached hydrogen (secondary N) is 1. The third kappa shape index (κ3) is 3.02. The van der Waals surface area contributed by atoms with E-state index >= 15 is 0 Å². The van der Waals surface area contributed by atoms with E-state index in [-0.39, 0.29) is 12.7 Å². The first kappa shape index (κ1) is 14.5. The number of thiazole rings is 1. The van der Waals surface area contributed by atoms with Crippen molar-refractivity contribution in [3.05, 3.63) is 53.8 Å². The molecule has 0 unspecified atom stereocenters. The molecule has 0 fully saturated rings. The molecule has 1 aliphatic heterocycles. The van der Waals surface area contributed by atoms with E-state index in [0.29, 0.717) is 16.6 Å². The van der Waals surface area contributed by atoms with Crippen LogP contribution < -0.4 is 14.8 Å². The molecule has 0 atom stereocenters. The van der Waals surface area contributed by atoms with Crippen molar-refractivity contribution in [2.75, 3.05) is 12.1 Å². The molecule has 2 aromatic heterocycles. The van der Waals surface area contributed by atoms with Crippen LogP contribution in [0.15, 0.2) is 52.5 Å². The Hall–Kier alpha value is -3.06. The lowest BCUT2D eigenvalue weighted by molar-refractivity contribution is -0.111. The molecule has 4 rings (SSSR count). The maximum absolute atomic E-state index is 11.9. The molecule has 6 nitrogen and oxygen atoms in total. The summed E-state index contributed by atoms with van der Waals surface area (Å²) in [5.74, 6) is 1.78. The molecule has 1 aliphatic rings. The Morgan fingerprint density at radius 3 is 3.04 bits per heavy atom. The summed E-state index contributed by atoms with van der Waals surface area (Å²) in [6.07, 6.45) is 4.55. The van der Waals surface area contributed by atoms with Crippen LogP contribution >= 0.6 is 11.3 Å². The molecule has 3 aromatic rings. The van der Waals surface area contributed by atoms with Gasteiger partial charge in [0.1, 0.15) is 5.76 Å². The second-order valence-electron chi connectivity index (χ2n) is 4.94. The van der Waals surface area contributed by atoms with E-state index in [1.54, 1.807) is 24.5 Å². The Labute approximate surface area is 141 Å². The summed E-state index contributed by atoms with van der Waals surface area (Å²) in [6, 6.07) is 9.16. The fourth-order valence-corrected chi connectivity index (χ4v) is 2.93. The second-order valence-corrected chi connectivity index (χ2v) is 5.80. The van der Waals surface area contributed by atoms with Gasteiger partial charge in [0, 0.05) is 17.0 Å². The number of rotatable bonds is 4. The van der Waals surface area contributed by atoms with E-state index in [4.69, 9.17) is 13.9 Å². The SMILES string of the molecule is O=C(C=Cc1ccco1)Nc1nc(-c2ccc3c(c2)OCO3)cs1. The molecule has 3 heterocycles. The number of benzene rings is 1. The van der Waals surface area contributed by atoms with Gasteiger partial charge in [0.2, 0.25) is 12.7 Å². The third-order valence-corrected chi connectivity index (χ3v) is 4.10. The van der Waals surface area contributed by atoms with Crippen LogP contribution in [0.1, 0.15) is 5.76 Å². The van der Waals surface area contributed by atoms with Crippen LogP contribution in [0.2, 0.25) is 0 Å². The van der Waals surface area contributed by atoms with Crippen LogP contribution in [-0.2, 0) is 4.79 Å². The minimum atomic E-state index is -0.266. The molecule has 0 bridgehead atoms. The van der Waals surface area contributed by atoms with Crippen LogP contribution in [0.25, 0.3) is 17.3 Å². The van der Waals surface area contributed by atoms with Crippen molar-refractivity contribution < 1.29 is 18.7 Å². The number of ether oxygens (including phenoxy) is 2. The molecule has 1 N–H and O–H groups in total. The van der Waals surface area contributed by atoms with Gasteiger partial charge in [-0.05, 0) is 36.4 Å². The predicted molar refractivity (Wildman–Crippen MR) is 90.0 cm³/mol. The highest BCUT2D eigenvalue weighted by Crippen LogP contribution is 2.36. The summed E-state index contributed by atoms with van der Waals surface area (Å²) in [5, 5.41) is 5.13. The normalized spacial score (nSPS) is 12.7. The number of carbonyl (C=O) groups excluding carboxylic acids is 1. The minimum Gasteiger partial charge on any atom is -0.465 e. The van der Waals surface area contributed by atoms with Crippen molar-refractivity contribution in [3.63, 3.8) is 0 Å². The van der Waals surface area contributed by atoms with Crippen LogP contribution in [0.5, 0.6) is 11.5 Å². The first-order chi connectivity index (χ1) is 11.8. The Bertz CT molecular complexity index is 899. The molecular weight excluding hydrogens is 328 g/mol. The molecule has 0 saturated carbocycles. The van der Waals surface area contributed by atoms with Gasteiger partial charge in [-0.3, -0.25) is 10.1 Å². The van der Waals surface area contributed by atoms with E-state index in [0.717, 1.165) is 17.0 Å². The van der Waals surface area contributed by atoms with Gasteiger partial charge >= 0.3 is 0 Å². The number of fused-ring (bicyclic) bond motifs is 1. The molecule has 1 aromatic carbocycles. The quantitative estimate of drug-likeness (QED) is 0.732. The second kappa shape index (κ2) is 6.21. The van der Waals surface area contributed by atoms with Gasteiger partial charge in [-0.1, -0.05) is 0 Å². The third-order valence-electron chi connectivity index (χ3n) is 3.34. The van der Waals surface area contributed by atoms with Crippen molar-refractivity contribution in [1.82, 2.24) is 4.98 Å². The summed E-state index contributed by atoms with van der Waals surface area (Å²) < 4.78 is 15.8. The number of carbonyl (C=O) groups is 1. The molecule has 120 valence electrons. The van der Waals surface area contributed by atoms with Gasteiger partial charge < -0.3 is 13.9 Å². The first-order valence-corrected chi connectivity index (χ1v) is 8.04. The number of hydrogen-bond acceptors (Lipinski definition) is 6. The number of hydrogen-bond donors (Lipinski definition) is 1. The van der Waals surface area contributed by atoms with Crippen molar-refractivity contribution >= 4 is 28.5 Å². The standard InChI is InChI=1S/C17H12N2O4S/c20-16(6-4-12-2-1-7-21-12)19-17-18-13(9-24-17)11-3-5-14-15(8-11)23-10-22-14/h1-9H,10H2,(H,18,19,20). The van der Waals surface area contributed by atoms with Crippen molar-refractivity contribution in [2.24, 2.45) is 0 Å². The Balaban J connectivity index is 1.46. The van der Waals surface area contributed by atoms with Crippen molar-refractivity contribution in [3.8, 4) is 22.8 Å². The highest BCUT2D eigenvalue weighted by atomic mass is 32.1. The number of anilines is 1. The summed E-state index contributed by atoms with van der Waals surface area (Å²) in [6.45, 7) is 0.235. The number of aromatic nitrogens is 1. The minimum absolute atomic E-state index is 0.235. The number of furan rings is 1. The molecule has 0 spiro atoms. The van der Waals surface area contributed by atoms with Crippen LogP contribution in [-0.4, -0.2) is 17.7 Å². The van der Waals surface area contributed by atoms with E-state index in [2.05, 4.69) is 10.3 Å². The van der Waals surface area contributed by atoms with Gasteiger partial charge in [-0.25, -0.2) is 4.98 Å². The lowest BCUT2D eigenvalue weighted by Crippen LogP contribution is -2.07. The Morgan fingerprint density at radius 2 is 2.17 bits per heavy atom. The van der Waals surface area contributed by atoms with Crippen molar-refractivity contribution in [2.45, 2.75) is 0 Å². The van der Waals surface area contributed by atoms with Gasteiger partial charge in [-0.2, -0.15) is 0 Å². The number of nitrogens with zero attached hydrogens (tertiary/aromatic N) is 1. The first-order valence-electron chi connectivity index (χ1n) is 7.16. The monoisotopic (exact) mass is 340 g/mol. The van der Waals surface area contributed by atoms with E-state index < -0.39 is 0 Å². The number of amides is 1. The summed E-state index contributed by atoms with van der Waals surface area (Å²) in [7, 11) is 0. The van der Waals surface area contributed by atoms with Gasteiger partial charge in [0.15, 0.2) is 16.6 Å². The highest BCUT2D eigenvalue weighted by molar-refractivity contribution is 7.14. The Morgan fingerprint density at radius 1 is 1.25 bits per heavy atom. The maximum atomic E-state index is 11.9. The molecule has 0 radical (unpaired) electrons. The van der Waals surface area contributed by atoms with Gasteiger partial charge in [-0.15, -0.1) is 11.3 Å². The van der Waals surface area contributed by atoms with Crippen molar-refractivity contribution in [1.29, 1.82) is 0 Å². The summed E-state index contributed by atoms with van der Waals surface area (Å²) in [4.78, 5) is 16.3. The zero-order valence-electron chi connectivity index (χ0n) is 12.4. The molecule has 7 heteroatoms. The molecular formula is C17H12N2O4S. The molecule has 1 amide bonds. The predicted octanol–water partition coefficient (Wildman–Crippen LogP) is 3.78. The fraction of sp³-hybridized carbons (Fsp3) is 0.0588. The topological polar surface area (TPSA) is 73.6 Å². The zero-order valence-corrected chi connectivity index (χ0v) is 13.2. The average Bonchev–Trinajstić information content (AvgIpc) is 3.33. The molecule has 24 heavy (non-hydrogen) atoms. The summed E-state index contributed by atoms with van der Waals surface area (Å²) >= 11 is 1.36. The largest absolute Gasteiger partial charge is 0.465 e. The van der Waals surface area contributed by atoms with Crippen LogP contribution in [0.3, 0.4) is 0 Å². The van der Waals surface area contributed by atoms with E-state index in [9.17, 15) is 4.79 Å². The van der Waals surface area contributed by atoms with E-state index in [1.165, 1.54) is 17.4 Å². The zero-order chi connectivity index (χ0) is 16.4. The fourth-order valence-electron chi connectivity index (χ4n) is 2.21. The van der Waals surface area contributed by atoms with E-state index in [1.807, 2.05) is 23.6 Å². The maximum Gasteiger partial charge on any atom is 0.250 e. The lowest BCUT2D eigenvalue weighted by atomic mass is 10.1. The van der Waals surface area contributed by atoms with Crippen LogP contribution in [0.4, 0.5) is 5.13 Å². The van der Waals surface area contributed by atoms with Gasteiger partial charge in [0.05, 0.1) is 12.0 Å². The smallest absolute Gasteiger partial charge is 0.250 e. The lowest BCUT2D eigenvalue weighted by Gasteiger charge is -1.99. The summed E-state index contributed by atoms with van der Waals surface area (Å²) in [5.41, 5.74) is 1.67. The van der Waals surface area contributed by atoms with Gasteiger partial charge in [0.25, 0.3) is 0 Å². The Kier molecular flexibility index (Phi) is 3.76. The average molecular weight is 340 g/mol. The van der Waals surface area contributed by atoms with Crippen LogP contribution in [0, 0.1) is 0 Å². The highest BCUT2D eigenvalue weighted by Gasteiger charge is 2.15. The molecule has 0 saturated heterocycles.